The van der Waals surface area contributed by atoms with E-state index in [1.165, 1.54) is 0 Å². The average Bonchev–Trinajstić information content (AvgIpc) is 2.89. The zero-order valence-electron chi connectivity index (χ0n) is 22.0. The highest BCUT2D eigenvalue weighted by Crippen LogP contribution is 2.30. The molecule has 1 N–H and O–H groups in total. The Morgan fingerprint density at radius 1 is 0.793 bits per heavy atom. The molecule has 0 bridgehead atoms. The monoisotopic (exact) mass is 402 g/mol. The van der Waals surface area contributed by atoms with Crippen LogP contribution in [-0.2, 0) is 0 Å². The smallest absolute Gasteiger partial charge is 0.199 e. The zero-order valence-corrected chi connectivity index (χ0v) is 15.8. The third kappa shape index (κ3) is 3.53. The third-order valence-corrected chi connectivity index (χ3v) is 4.74. The zero-order chi connectivity index (χ0) is 25.7. The summed E-state index contributed by atoms with van der Waals surface area (Å²) in [5.74, 6) is 0.354. The summed E-state index contributed by atoms with van der Waals surface area (Å²) in [7, 11) is 0. The second kappa shape index (κ2) is 7.53. The molecule has 4 aromatic rings. The second-order valence-corrected chi connectivity index (χ2v) is 6.74. The summed E-state index contributed by atoms with van der Waals surface area (Å²) in [4.78, 5) is 8.91. The molecule has 5 rings (SSSR count). The lowest BCUT2D eigenvalue weighted by Gasteiger charge is -2.20. The Morgan fingerprint density at radius 2 is 1.55 bits per heavy atom. The number of hydrogen-bond acceptors (Lipinski definition) is 3. The molecule has 0 aliphatic carbocycles. The van der Waals surface area contributed by atoms with Crippen molar-refractivity contribution in [1.29, 1.82) is 0 Å². The second-order valence-electron chi connectivity index (χ2n) is 6.38. The Hall–Kier alpha value is -3.43. The number of halogens is 1. The van der Waals surface area contributed by atoms with Crippen molar-refractivity contribution in [1.82, 2.24) is 5.32 Å². The fraction of sp³-hybridized carbons (Fsp3) is 0.0400. The summed E-state index contributed by atoms with van der Waals surface area (Å²) >= 11 is 6.33. The minimum absolute atomic E-state index is 0.00522. The van der Waals surface area contributed by atoms with Gasteiger partial charge in [-0.1, -0.05) is 90.8 Å². The molecule has 0 saturated heterocycles. The van der Waals surface area contributed by atoms with E-state index >= 15 is 0 Å². The summed E-state index contributed by atoms with van der Waals surface area (Å²) in [5.41, 5.74) is 2.64. The molecule has 1 aliphatic rings. The van der Waals surface area contributed by atoms with Gasteiger partial charge in [0.2, 0.25) is 0 Å². The van der Waals surface area contributed by atoms with E-state index in [4.69, 9.17) is 21.2 Å². The maximum Gasteiger partial charge on any atom is 0.199 e. The van der Waals surface area contributed by atoms with Crippen LogP contribution in [0.4, 0.5) is 0 Å². The molecule has 29 heavy (non-hydrogen) atoms. The van der Waals surface area contributed by atoms with Gasteiger partial charge in [0.05, 0.1) is 9.60 Å². The maximum absolute atomic E-state index is 8.57. The summed E-state index contributed by atoms with van der Waals surface area (Å²) in [6.45, 7) is 0. The van der Waals surface area contributed by atoms with Crippen LogP contribution >= 0.6 is 11.6 Å². The van der Waals surface area contributed by atoms with Crippen molar-refractivity contribution >= 4 is 33.5 Å². The Balaban J connectivity index is 1.73. The van der Waals surface area contributed by atoms with Crippen molar-refractivity contribution in [3.63, 3.8) is 0 Å². The molecule has 0 aromatic heterocycles. The largest absolute Gasteiger partial charge is 0.315 e. The molecular formula is C25H18ClN3. The van der Waals surface area contributed by atoms with Crippen LogP contribution in [0.1, 0.15) is 26.9 Å². The Bertz CT molecular complexity index is 1600. The average molecular weight is 403 g/mol. The number of aliphatic imine (C=N–C) groups is 2. The van der Waals surface area contributed by atoms with E-state index in [2.05, 4.69) is 15.3 Å². The molecule has 0 fully saturated rings. The van der Waals surface area contributed by atoms with Crippen LogP contribution in [0.5, 0.6) is 0 Å². The number of benzene rings is 4. The lowest BCUT2D eigenvalue weighted by molar-refractivity contribution is 0.766. The molecule has 0 spiro atoms. The van der Waals surface area contributed by atoms with E-state index in [0.717, 1.165) is 11.1 Å². The number of nitrogens with one attached hydrogen (secondary N) is 1. The van der Waals surface area contributed by atoms with Crippen LogP contribution < -0.4 is 5.32 Å². The molecule has 1 aliphatic heterocycles. The number of amidine groups is 2. The van der Waals surface area contributed by atoms with Gasteiger partial charge in [0, 0.05) is 11.1 Å². The van der Waals surface area contributed by atoms with Gasteiger partial charge in [0.15, 0.2) is 11.5 Å². The molecule has 1 atom stereocenters. The first-order valence-electron chi connectivity index (χ1n) is 12.4. The lowest BCUT2D eigenvalue weighted by atomic mass is 10.0. The van der Waals surface area contributed by atoms with Crippen molar-refractivity contribution < 1.29 is 9.60 Å². The Morgan fingerprint density at radius 3 is 2.45 bits per heavy atom. The number of hydrogen-bond donors (Lipinski definition) is 1. The van der Waals surface area contributed by atoms with Gasteiger partial charge in [-0.3, -0.25) is 0 Å². The van der Waals surface area contributed by atoms with Crippen LogP contribution in [0.3, 0.4) is 0 Å². The fourth-order valence-corrected chi connectivity index (χ4v) is 3.38. The highest BCUT2D eigenvalue weighted by molar-refractivity contribution is 6.66. The van der Waals surface area contributed by atoms with Gasteiger partial charge < -0.3 is 5.32 Å². The number of rotatable bonds is 3. The highest BCUT2D eigenvalue weighted by Gasteiger charge is 2.20. The normalized spacial score (nSPS) is 19.5. The first-order valence-corrected chi connectivity index (χ1v) is 9.30. The van der Waals surface area contributed by atoms with Crippen LogP contribution in [0.25, 0.3) is 21.9 Å². The van der Waals surface area contributed by atoms with Gasteiger partial charge in [-0.2, -0.15) is 0 Å². The van der Waals surface area contributed by atoms with E-state index in [1.54, 1.807) is 0 Å². The van der Waals surface area contributed by atoms with E-state index in [0.29, 0.717) is 11.4 Å². The first kappa shape index (κ1) is 11.5. The minimum atomic E-state index is -1.16. The molecule has 1 unspecified atom stereocenters. The summed E-state index contributed by atoms with van der Waals surface area (Å²) < 4.78 is 58.0. The minimum Gasteiger partial charge on any atom is -0.315 e. The lowest BCUT2D eigenvalue weighted by Crippen LogP contribution is -2.32. The molecule has 4 aromatic carbocycles. The van der Waals surface area contributed by atoms with Gasteiger partial charge in [-0.25, -0.2) is 9.98 Å². The molecule has 0 saturated carbocycles. The van der Waals surface area contributed by atoms with Crippen LogP contribution in [-0.4, -0.2) is 11.1 Å². The molecule has 3 nitrogen and oxygen atoms in total. The predicted octanol–water partition coefficient (Wildman–Crippen LogP) is 6.15. The van der Waals surface area contributed by atoms with Crippen molar-refractivity contribution in [3.05, 3.63) is 108 Å². The van der Waals surface area contributed by atoms with Crippen LogP contribution in [0.2, 0.25) is 0 Å². The number of fused-ring (bicyclic) bond motifs is 1. The standard InChI is InChI=1S/C25H18ClN3/c26-25-28-23(20-13-6-12-19(16-20)17-8-2-1-3-9-17)27-24(29-25)22-15-7-11-18-10-4-5-14-21(18)22/h1-16,24H,(H,27,28,29)/i4D,5D,7D,10D,11D,14D,15D. The van der Waals surface area contributed by atoms with Crippen LogP contribution in [0.15, 0.2) is 107 Å². The molecule has 4 heteroatoms. The van der Waals surface area contributed by atoms with Gasteiger partial charge in [-0.15, -0.1) is 0 Å². The molecule has 0 amide bonds. The Labute approximate surface area is 184 Å². The summed E-state index contributed by atoms with van der Waals surface area (Å²) in [5, 5.41) is 2.69. The topological polar surface area (TPSA) is 36.8 Å². The Kier molecular flexibility index (Phi) is 3.00. The van der Waals surface area contributed by atoms with Crippen LogP contribution in [0, 0.1) is 0 Å². The first-order chi connectivity index (χ1) is 17.2. The van der Waals surface area contributed by atoms with Gasteiger partial charge in [0.25, 0.3) is 0 Å². The third-order valence-electron chi connectivity index (χ3n) is 4.55. The van der Waals surface area contributed by atoms with Crippen molar-refractivity contribution in [2.75, 3.05) is 0 Å². The van der Waals surface area contributed by atoms with Crippen molar-refractivity contribution in [3.8, 4) is 11.1 Å². The molecule has 0 radical (unpaired) electrons. The van der Waals surface area contributed by atoms with E-state index < -0.39 is 48.5 Å². The van der Waals surface area contributed by atoms with Gasteiger partial charge in [-0.05, 0) is 39.6 Å². The van der Waals surface area contributed by atoms with Crippen molar-refractivity contribution in [2.45, 2.75) is 6.17 Å². The van der Waals surface area contributed by atoms with E-state index in [1.807, 2.05) is 54.6 Å². The fourth-order valence-electron chi connectivity index (χ4n) is 3.20. The summed E-state index contributed by atoms with van der Waals surface area (Å²) in [6.07, 6.45) is -1.16. The SMILES string of the molecule is [2H]c1c([2H])c([2H])c2c(C3N=C(Cl)NC(c4cccc(-c5ccccc5)c4)=N3)c([2H])c([2H])c([2H])c2c1[2H]. The molecular weight excluding hydrogens is 378 g/mol. The van der Waals surface area contributed by atoms with Gasteiger partial charge in [0.1, 0.15) is 5.84 Å². The maximum atomic E-state index is 8.57. The van der Waals surface area contributed by atoms with Crippen molar-refractivity contribution in [2.24, 2.45) is 9.98 Å². The molecule has 1 heterocycles. The van der Waals surface area contributed by atoms with Gasteiger partial charge >= 0.3 is 0 Å². The highest BCUT2D eigenvalue weighted by atomic mass is 35.5. The molecule has 140 valence electrons. The number of nitrogens with zero attached hydrogens (tertiary/aromatic N) is 2. The quantitative estimate of drug-likeness (QED) is 0.410. The summed E-state index contributed by atoms with van der Waals surface area (Å²) in [6, 6.07) is 14.1. The predicted molar refractivity (Wildman–Crippen MR) is 122 cm³/mol. The van der Waals surface area contributed by atoms with E-state index in [9.17, 15) is 0 Å². The van der Waals surface area contributed by atoms with E-state index in [-0.39, 0.29) is 21.6 Å².